The second kappa shape index (κ2) is 13.9. The Morgan fingerprint density at radius 2 is 1.73 bits per heavy atom. The van der Waals surface area contributed by atoms with Crippen molar-refractivity contribution < 1.29 is 22.7 Å². The van der Waals surface area contributed by atoms with Gasteiger partial charge in [-0.2, -0.15) is 0 Å². The van der Waals surface area contributed by atoms with E-state index in [4.69, 9.17) is 27.9 Å². The number of ether oxygens (including phenoxy) is 1. The average molecular weight is 573 g/mol. The molecule has 2 aromatic rings. The van der Waals surface area contributed by atoms with E-state index < -0.39 is 16.1 Å². The van der Waals surface area contributed by atoms with Crippen LogP contribution in [0.2, 0.25) is 10.0 Å². The molecular weight excluding hydrogens is 537 g/mol. The second-order valence-electron chi connectivity index (χ2n) is 8.98. The van der Waals surface area contributed by atoms with Crippen LogP contribution in [-0.2, 0) is 26.2 Å². The van der Waals surface area contributed by atoms with Gasteiger partial charge in [-0.05, 0) is 68.7 Å². The van der Waals surface area contributed by atoms with Gasteiger partial charge in [0.15, 0.2) is 0 Å². The van der Waals surface area contributed by atoms with Crippen molar-refractivity contribution >= 4 is 50.7 Å². The number of rotatable bonds is 13. The van der Waals surface area contributed by atoms with Crippen molar-refractivity contribution in [3.63, 3.8) is 0 Å². The van der Waals surface area contributed by atoms with Crippen molar-refractivity contribution in [3.8, 4) is 5.75 Å². The molecule has 0 heterocycles. The fourth-order valence-electron chi connectivity index (χ4n) is 3.89. The molecular formula is C26H35Cl2N3O5S. The van der Waals surface area contributed by atoms with E-state index in [1.54, 1.807) is 42.5 Å². The number of sulfonamides is 1. The number of halogens is 2. The van der Waals surface area contributed by atoms with Crippen LogP contribution in [0.3, 0.4) is 0 Å². The number of hydrogen-bond acceptors (Lipinski definition) is 5. The summed E-state index contributed by atoms with van der Waals surface area (Å²) in [5, 5.41) is 3.74. The van der Waals surface area contributed by atoms with Crippen LogP contribution in [0.5, 0.6) is 5.75 Å². The molecule has 0 aromatic heterocycles. The van der Waals surface area contributed by atoms with Crippen LogP contribution in [-0.4, -0.2) is 57.1 Å². The molecule has 1 atom stereocenters. The van der Waals surface area contributed by atoms with Crippen LogP contribution >= 0.6 is 23.2 Å². The Balaban J connectivity index is 2.24. The molecule has 0 fully saturated rings. The van der Waals surface area contributed by atoms with Gasteiger partial charge in [0.25, 0.3) is 0 Å². The first-order chi connectivity index (χ1) is 17.4. The number of carbonyl (C=O) groups excluding carboxylic acids is 2. The zero-order valence-corrected chi connectivity index (χ0v) is 24.2. The predicted molar refractivity (Wildman–Crippen MR) is 149 cm³/mol. The summed E-state index contributed by atoms with van der Waals surface area (Å²) in [4.78, 5) is 27.9. The monoisotopic (exact) mass is 571 g/mol. The third-order valence-corrected chi connectivity index (χ3v) is 7.47. The lowest BCUT2D eigenvalue weighted by Gasteiger charge is -2.32. The zero-order chi connectivity index (χ0) is 27.8. The summed E-state index contributed by atoms with van der Waals surface area (Å²) in [5.74, 6) is 0.0704. The van der Waals surface area contributed by atoms with E-state index in [1.165, 1.54) is 16.3 Å². The van der Waals surface area contributed by atoms with Crippen LogP contribution < -0.4 is 14.4 Å². The summed E-state index contributed by atoms with van der Waals surface area (Å²) < 4.78 is 31.3. The van der Waals surface area contributed by atoms with E-state index in [-0.39, 0.29) is 43.8 Å². The number of anilines is 1. The molecule has 0 saturated heterocycles. The smallest absolute Gasteiger partial charge is 0.243 e. The minimum absolute atomic E-state index is 0.0405. The Morgan fingerprint density at radius 1 is 1.08 bits per heavy atom. The molecule has 37 heavy (non-hydrogen) atoms. The van der Waals surface area contributed by atoms with Crippen molar-refractivity contribution in [2.75, 3.05) is 24.2 Å². The highest BCUT2D eigenvalue weighted by Gasteiger charge is 2.29. The maximum atomic E-state index is 13.5. The third-order valence-electron chi connectivity index (χ3n) is 5.69. The molecule has 2 amide bonds. The van der Waals surface area contributed by atoms with Crippen LogP contribution in [0.1, 0.15) is 45.6 Å². The minimum Gasteiger partial charge on any atom is -0.497 e. The average Bonchev–Trinajstić information content (AvgIpc) is 2.81. The number of amides is 2. The van der Waals surface area contributed by atoms with Crippen molar-refractivity contribution in [1.29, 1.82) is 0 Å². The SMILES string of the molecule is CC[C@@H](C(=O)NC(C)C)N(Cc1ccc(Cl)cc1Cl)C(=O)CCCN(c1ccc(OC)cc1)S(C)(=O)=O. The lowest BCUT2D eigenvalue weighted by molar-refractivity contribution is -0.141. The molecule has 11 heteroatoms. The Kier molecular flexibility index (Phi) is 11.5. The van der Waals surface area contributed by atoms with Gasteiger partial charge in [0, 0.05) is 35.6 Å². The highest BCUT2D eigenvalue weighted by Crippen LogP contribution is 2.25. The molecule has 0 aliphatic rings. The minimum atomic E-state index is -3.59. The van der Waals surface area contributed by atoms with Gasteiger partial charge in [0.05, 0.1) is 19.1 Å². The van der Waals surface area contributed by atoms with E-state index in [0.717, 1.165) is 6.26 Å². The fraction of sp³-hybridized carbons (Fsp3) is 0.462. The first kappa shape index (κ1) is 30.7. The maximum Gasteiger partial charge on any atom is 0.243 e. The number of benzene rings is 2. The van der Waals surface area contributed by atoms with Crippen molar-refractivity contribution in [2.24, 2.45) is 0 Å². The first-order valence-electron chi connectivity index (χ1n) is 12.0. The van der Waals surface area contributed by atoms with Gasteiger partial charge in [-0.15, -0.1) is 0 Å². The number of hydrogen-bond donors (Lipinski definition) is 1. The molecule has 0 unspecified atom stereocenters. The summed E-state index contributed by atoms with van der Waals surface area (Å²) in [7, 11) is -2.06. The zero-order valence-electron chi connectivity index (χ0n) is 21.8. The van der Waals surface area contributed by atoms with Crippen molar-refractivity contribution in [1.82, 2.24) is 10.2 Å². The Hall–Kier alpha value is -2.49. The highest BCUT2D eigenvalue weighted by atomic mass is 35.5. The molecule has 8 nitrogen and oxygen atoms in total. The summed E-state index contributed by atoms with van der Waals surface area (Å²) in [5.41, 5.74) is 1.13. The molecule has 0 bridgehead atoms. The Bertz CT molecular complexity index is 1170. The first-order valence-corrected chi connectivity index (χ1v) is 14.6. The second-order valence-corrected chi connectivity index (χ2v) is 11.7. The normalized spacial score (nSPS) is 12.2. The highest BCUT2D eigenvalue weighted by molar-refractivity contribution is 7.92. The van der Waals surface area contributed by atoms with E-state index in [2.05, 4.69) is 5.32 Å². The molecule has 0 aliphatic carbocycles. The third kappa shape index (κ3) is 9.09. The molecule has 204 valence electrons. The maximum absolute atomic E-state index is 13.5. The van der Waals surface area contributed by atoms with Crippen LogP contribution in [0.4, 0.5) is 5.69 Å². The van der Waals surface area contributed by atoms with Crippen molar-refractivity contribution in [2.45, 2.75) is 58.7 Å². The molecule has 0 saturated carbocycles. The topological polar surface area (TPSA) is 96.0 Å². The van der Waals surface area contributed by atoms with E-state index in [0.29, 0.717) is 33.5 Å². The van der Waals surface area contributed by atoms with Gasteiger partial charge in [-0.25, -0.2) is 8.42 Å². The lowest BCUT2D eigenvalue weighted by atomic mass is 10.1. The summed E-state index contributed by atoms with van der Waals surface area (Å²) in [6.07, 6.45) is 1.82. The molecule has 0 aliphatic heterocycles. The molecule has 0 spiro atoms. The van der Waals surface area contributed by atoms with Gasteiger partial charge in [-0.1, -0.05) is 36.2 Å². The lowest BCUT2D eigenvalue weighted by Crippen LogP contribution is -2.50. The van der Waals surface area contributed by atoms with Gasteiger partial charge >= 0.3 is 0 Å². The Morgan fingerprint density at radius 3 is 2.24 bits per heavy atom. The van der Waals surface area contributed by atoms with Crippen LogP contribution in [0.15, 0.2) is 42.5 Å². The Labute approximate surface area is 229 Å². The fourth-order valence-corrected chi connectivity index (χ4v) is 5.32. The van der Waals surface area contributed by atoms with Gasteiger partial charge in [-0.3, -0.25) is 13.9 Å². The quantitative estimate of drug-likeness (QED) is 0.369. The van der Waals surface area contributed by atoms with Crippen LogP contribution in [0, 0.1) is 0 Å². The van der Waals surface area contributed by atoms with E-state index in [1.807, 2.05) is 20.8 Å². The molecule has 2 aromatic carbocycles. The van der Waals surface area contributed by atoms with Gasteiger partial charge in [0.1, 0.15) is 11.8 Å². The van der Waals surface area contributed by atoms with Gasteiger partial charge in [0.2, 0.25) is 21.8 Å². The summed E-state index contributed by atoms with van der Waals surface area (Å²) >= 11 is 12.4. The van der Waals surface area contributed by atoms with Crippen molar-refractivity contribution in [3.05, 3.63) is 58.1 Å². The van der Waals surface area contributed by atoms with Gasteiger partial charge < -0.3 is 15.0 Å². The van der Waals surface area contributed by atoms with Crippen LogP contribution in [0.25, 0.3) is 0 Å². The van der Waals surface area contributed by atoms with E-state index >= 15 is 0 Å². The number of nitrogens with one attached hydrogen (secondary N) is 1. The largest absolute Gasteiger partial charge is 0.497 e. The molecule has 0 radical (unpaired) electrons. The predicted octanol–water partition coefficient (Wildman–Crippen LogP) is 4.88. The molecule has 2 rings (SSSR count). The number of nitrogens with zero attached hydrogens (tertiary/aromatic N) is 2. The number of carbonyl (C=O) groups is 2. The molecule has 1 N–H and O–H groups in total. The number of methoxy groups -OCH3 is 1. The van der Waals surface area contributed by atoms with E-state index in [9.17, 15) is 18.0 Å². The summed E-state index contributed by atoms with van der Waals surface area (Å²) in [6, 6.07) is 10.9. The standard InChI is InChI=1S/C26H35Cl2N3O5S/c1-6-24(26(33)29-18(2)3)30(17-19-9-10-20(27)16-23(19)28)25(32)8-7-15-31(37(5,34)35)21-11-13-22(36-4)14-12-21/h9-14,16,18,24H,6-8,15,17H2,1-5H3,(H,29,33)/t24-/m0/s1. The summed E-state index contributed by atoms with van der Waals surface area (Å²) in [6.45, 7) is 5.76.